The van der Waals surface area contributed by atoms with Crippen LogP contribution >= 0.6 is 34.7 Å². The third kappa shape index (κ3) is 3.22. The summed E-state index contributed by atoms with van der Waals surface area (Å²) in [4.78, 5) is 24.7. The Morgan fingerprint density at radius 3 is 2.93 bits per heavy atom. The highest BCUT2D eigenvalue weighted by atomic mass is 35.5. The summed E-state index contributed by atoms with van der Waals surface area (Å²) in [5.41, 5.74) is 2.23. The molecule has 7 nitrogen and oxygen atoms in total. The van der Waals surface area contributed by atoms with E-state index in [1.54, 1.807) is 23.6 Å². The molecule has 4 aromatic rings. The van der Waals surface area contributed by atoms with Crippen LogP contribution in [0.25, 0.3) is 16.0 Å². The molecule has 0 saturated carbocycles. The molecule has 0 aliphatic rings. The molecule has 4 rings (SSSR count). The number of aryl methyl sites for hydroxylation is 2. The number of nitrogens with one attached hydrogen (secondary N) is 1. The van der Waals surface area contributed by atoms with Crippen molar-refractivity contribution in [2.45, 2.75) is 12.1 Å². The van der Waals surface area contributed by atoms with Gasteiger partial charge >= 0.3 is 0 Å². The Morgan fingerprint density at radius 2 is 2.15 bits per heavy atom. The maximum Gasteiger partial charge on any atom is 0.272 e. The minimum Gasteiger partial charge on any atom is -0.324 e. The number of carbonyl (C=O) groups excluding carboxylic acids is 1. The number of benzene rings is 1. The van der Waals surface area contributed by atoms with Gasteiger partial charge in [0.15, 0.2) is 5.16 Å². The molecule has 0 aliphatic carbocycles. The standard InChI is InChI=1S/C17H14ClN5O2S2/c1-9-3-4-11(10(18)7-9)19-13(24)8-27-17-21-20-16-22(2)15(25)14-12(23(16)17)5-6-26-14/h3-7H,8H2,1-2H3,(H,19,24). The molecular formula is C17H14ClN5O2S2. The van der Waals surface area contributed by atoms with Crippen molar-refractivity contribution < 1.29 is 4.79 Å². The molecule has 0 fully saturated rings. The van der Waals surface area contributed by atoms with Crippen LogP contribution in [0, 0.1) is 6.92 Å². The molecule has 0 spiro atoms. The smallest absolute Gasteiger partial charge is 0.272 e. The van der Waals surface area contributed by atoms with Crippen molar-refractivity contribution in [1.82, 2.24) is 19.2 Å². The highest BCUT2D eigenvalue weighted by Crippen LogP contribution is 2.25. The topological polar surface area (TPSA) is 81.3 Å². The number of anilines is 1. The Balaban J connectivity index is 1.59. The van der Waals surface area contributed by atoms with E-state index in [9.17, 15) is 9.59 Å². The number of hydrogen-bond donors (Lipinski definition) is 1. The minimum absolute atomic E-state index is 0.108. The summed E-state index contributed by atoms with van der Waals surface area (Å²) >= 11 is 8.78. The summed E-state index contributed by atoms with van der Waals surface area (Å²) in [6, 6.07) is 7.31. The van der Waals surface area contributed by atoms with Gasteiger partial charge in [-0.2, -0.15) is 0 Å². The van der Waals surface area contributed by atoms with E-state index in [2.05, 4.69) is 15.5 Å². The second kappa shape index (κ2) is 6.99. The van der Waals surface area contributed by atoms with Crippen LogP contribution in [0.5, 0.6) is 0 Å². The largest absolute Gasteiger partial charge is 0.324 e. The number of aromatic nitrogens is 4. The summed E-state index contributed by atoms with van der Waals surface area (Å²) < 4.78 is 3.88. The molecule has 3 aromatic heterocycles. The van der Waals surface area contributed by atoms with Crippen molar-refractivity contribution in [2.75, 3.05) is 11.1 Å². The third-order valence-electron chi connectivity index (χ3n) is 4.03. The van der Waals surface area contributed by atoms with E-state index in [1.165, 1.54) is 27.7 Å². The summed E-state index contributed by atoms with van der Waals surface area (Å²) in [7, 11) is 1.66. The molecule has 0 radical (unpaired) electrons. The molecule has 138 valence electrons. The highest BCUT2D eigenvalue weighted by molar-refractivity contribution is 7.99. The number of rotatable bonds is 4. The molecule has 1 amide bonds. The molecule has 0 unspecified atom stereocenters. The molecule has 0 aliphatic heterocycles. The first kappa shape index (κ1) is 18.0. The van der Waals surface area contributed by atoms with Gasteiger partial charge in [-0.3, -0.25) is 18.6 Å². The molecule has 0 bridgehead atoms. The maximum atomic E-state index is 12.3. The molecular weight excluding hydrogens is 406 g/mol. The first-order chi connectivity index (χ1) is 13.0. The van der Waals surface area contributed by atoms with Gasteiger partial charge in [0.1, 0.15) is 4.70 Å². The van der Waals surface area contributed by atoms with Gasteiger partial charge in [0.25, 0.3) is 5.56 Å². The monoisotopic (exact) mass is 419 g/mol. The van der Waals surface area contributed by atoms with Crippen LogP contribution in [0.15, 0.2) is 39.6 Å². The quantitative estimate of drug-likeness (QED) is 0.513. The van der Waals surface area contributed by atoms with Gasteiger partial charge in [0, 0.05) is 7.05 Å². The number of thioether (sulfide) groups is 1. The molecule has 27 heavy (non-hydrogen) atoms. The fourth-order valence-electron chi connectivity index (χ4n) is 2.70. The van der Waals surface area contributed by atoms with E-state index in [0.29, 0.717) is 26.3 Å². The second-order valence-electron chi connectivity index (χ2n) is 5.94. The lowest BCUT2D eigenvalue weighted by Gasteiger charge is -2.08. The fourth-order valence-corrected chi connectivity index (χ4v) is 4.58. The zero-order valence-corrected chi connectivity index (χ0v) is 16.8. The number of thiophene rings is 1. The molecule has 10 heteroatoms. The third-order valence-corrected chi connectivity index (χ3v) is 6.16. The molecule has 1 aromatic carbocycles. The Labute approximate surface area is 167 Å². The summed E-state index contributed by atoms with van der Waals surface area (Å²) in [5, 5.41) is 13.9. The van der Waals surface area contributed by atoms with Gasteiger partial charge in [-0.25, -0.2) is 0 Å². The number of amides is 1. The lowest BCUT2D eigenvalue weighted by atomic mass is 10.2. The summed E-state index contributed by atoms with van der Waals surface area (Å²) in [5.74, 6) is 0.378. The number of fused-ring (bicyclic) bond motifs is 3. The maximum absolute atomic E-state index is 12.3. The van der Waals surface area contributed by atoms with Crippen LogP contribution in [0.3, 0.4) is 0 Å². The van der Waals surface area contributed by atoms with Crippen LogP contribution in [-0.4, -0.2) is 30.8 Å². The Hall–Kier alpha value is -2.36. The number of carbonyl (C=O) groups is 1. The van der Waals surface area contributed by atoms with Crippen LogP contribution in [-0.2, 0) is 11.8 Å². The van der Waals surface area contributed by atoms with E-state index in [1.807, 2.05) is 24.4 Å². The van der Waals surface area contributed by atoms with Gasteiger partial charge in [-0.1, -0.05) is 29.4 Å². The van der Waals surface area contributed by atoms with E-state index in [0.717, 1.165) is 11.1 Å². The molecule has 0 atom stereocenters. The summed E-state index contributed by atoms with van der Waals surface area (Å²) in [6.07, 6.45) is 0. The number of nitrogens with zero attached hydrogens (tertiary/aromatic N) is 4. The SMILES string of the molecule is Cc1ccc(NC(=O)CSc2nnc3n(C)c(=O)c4sccc4n23)c(Cl)c1. The molecule has 1 N–H and O–H groups in total. The average molecular weight is 420 g/mol. The normalized spacial score (nSPS) is 11.4. The van der Waals surface area contributed by atoms with Gasteiger partial charge in [-0.15, -0.1) is 21.5 Å². The number of hydrogen-bond acceptors (Lipinski definition) is 6. The van der Waals surface area contributed by atoms with E-state index in [4.69, 9.17) is 11.6 Å². The predicted octanol–water partition coefficient (Wildman–Crippen LogP) is 3.34. The van der Waals surface area contributed by atoms with Gasteiger partial charge < -0.3 is 5.32 Å². The minimum atomic E-state index is -0.200. The Morgan fingerprint density at radius 1 is 1.33 bits per heavy atom. The van der Waals surface area contributed by atoms with Crippen molar-refractivity contribution in [3.8, 4) is 0 Å². The van der Waals surface area contributed by atoms with Crippen molar-refractivity contribution in [2.24, 2.45) is 7.05 Å². The molecule has 3 heterocycles. The highest BCUT2D eigenvalue weighted by Gasteiger charge is 2.17. The Kier molecular flexibility index (Phi) is 4.67. The summed E-state index contributed by atoms with van der Waals surface area (Å²) in [6.45, 7) is 1.93. The first-order valence-electron chi connectivity index (χ1n) is 7.96. The zero-order valence-electron chi connectivity index (χ0n) is 14.4. The van der Waals surface area contributed by atoms with Crippen LogP contribution in [0.4, 0.5) is 5.69 Å². The van der Waals surface area contributed by atoms with E-state index in [-0.39, 0.29) is 17.2 Å². The van der Waals surface area contributed by atoms with Crippen molar-refractivity contribution in [3.63, 3.8) is 0 Å². The van der Waals surface area contributed by atoms with Crippen molar-refractivity contribution >= 4 is 62.3 Å². The van der Waals surface area contributed by atoms with Gasteiger partial charge in [0.2, 0.25) is 11.7 Å². The van der Waals surface area contributed by atoms with Crippen LogP contribution in [0.2, 0.25) is 5.02 Å². The van der Waals surface area contributed by atoms with Crippen molar-refractivity contribution in [3.05, 3.63) is 50.6 Å². The average Bonchev–Trinajstić information content (AvgIpc) is 3.27. The Bertz CT molecular complexity index is 1240. The number of halogens is 1. The van der Waals surface area contributed by atoms with E-state index >= 15 is 0 Å². The first-order valence-corrected chi connectivity index (χ1v) is 10.2. The predicted molar refractivity (Wildman–Crippen MR) is 109 cm³/mol. The fraction of sp³-hybridized carbons (Fsp3) is 0.176. The molecule has 0 saturated heterocycles. The second-order valence-corrected chi connectivity index (χ2v) is 8.20. The van der Waals surface area contributed by atoms with Crippen molar-refractivity contribution in [1.29, 1.82) is 0 Å². The zero-order chi connectivity index (χ0) is 19.1. The van der Waals surface area contributed by atoms with Crippen LogP contribution < -0.4 is 10.9 Å². The lowest BCUT2D eigenvalue weighted by molar-refractivity contribution is -0.113. The van der Waals surface area contributed by atoms with Crippen LogP contribution in [0.1, 0.15) is 5.56 Å². The van der Waals surface area contributed by atoms with E-state index < -0.39 is 0 Å². The van der Waals surface area contributed by atoms with Gasteiger partial charge in [0.05, 0.1) is 22.0 Å². The lowest BCUT2D eigenvalue weighted by Crippen LogP contribution is -2.19. The van der Waals surface area contributed by atoms with Gasteiger partial charge in [-0.05, 0) is 36.1 Å².